The van der Waals surface area contributed by atoms with Crippen LogP contribution in [0.3, 0.4) is 0 Å². The van der Waals surface area contributed by atoms with Gasteiger partial charge in [-0.05, 0) is 122 Å². The number of fused-ring (bicyclic) bond motifs is 2. The van der Waals surface area contributed by atoms with Crippen LogP contribution in [0.25, 0.3) is 33.3 Å². The van der Waals surface area contributed by atoms with E-state index in [4.69, 9.17) is 21.3 Å². The number of aromatic amines is 1. The number of nitrogens with zero attached hydrogens (tertiary/aromatic N) is 6. The molecule has 0 atom stereocenters. The zero-order chi connectivity index (χ0) is 44.8. The highest BCUT2D eigenvalue weighted by atomic mass is 35.5. The third kappa shape index (κ3) is 9.30. The number of aromatic nitrogens is 4. The number of allylic oxidation sites excluding steroid dienone is 1. The molecule has 0 unspecified atom stereocenters. The molecular formula is C48H54ClN8O6S+. The topological polar surface area (TPSA) is 166 Å². The Morgan fingerprint density at radius 2 is 1.77 bits per heavy atom. The molecule has 64 heavy (non-hydrogen) atoms. The maximum atomic E-state index is 14.3. The lowest BCUT2D eigenvalue weighted by Crippen LogP contribution is -2.47. The Kier molecular flexibility index (Phi) is 12.1. The van der Waals surface area contributed by atoms with Crippen LogP contribution in [0.5, 0.6) is 5.75 Å². The number of nitroso groups, excluding NO2 is 1. The van der Waals surface area contributed by atoms with E-state index >= 15 is 0 Å². The van der Waals surface area contributed by atoms with Gasteiger partial charge in [0.1, 0.15) is 5.52 Å². The number of H-pyrrole nitrogens is 1. The first-order valence-electron chi connectivity index (χ1n) is 22.0. The smallest absolute Gasteiger partial charge is 0.298 e. The summed E-state index contributed by atoms with van der Waals surface area (Å²) in [5, 5.41) is 14.7. The summed E-state index contributed by atoms with van der Waals surface area (Å²) in [5.74, 6) is -0.392. The van der Waals surface area contributed by atoms with Gasteiger partial charge in [-0.3, -0.25) is 19.5 Å². The lowest BCUT2D eigenvalue weighted by molar-refractivity contribution is -0.429. The Hall–Kier alpha value is -5.61. The van der Waals surface area contributed by atoms with Gasteiger partial charge in [0.2, 0.25) is 0 Å². The average molecular weight is 907 g/mol. The molecule has 3 aromatic carbocycles. The Bertz CT molecular complexity index is 2870. The van der Waals surface area contributed by atoms with Crippen molar-refractivity contribution in [3.63, 3.8) is 0 Å². The number of sulfonamides is 1. The van der Waals surface area contributed by atoms with Crippen LogP contribution >= 0.6 is 11.6 Å². The van der Waals surface area contributed by atoms with Crippen molar-refractivity contribution in [1.82, 2.24) is 29.4 Å². The molecule has 1 aliphatic heterocycles. The number of piperazine rings is 1. The Labute approximate surface area is 377 Å². The van der Waals surface area contributed by atoms with Gasteiger partial charge in [0.15, 0.2) is 18.4 Å². The number of hydrogen-bond donors (Lipinski definition) is 3. The highest BCUT2D eigenvalue weighted by Crippen LogP contribution is 2.43. The molecule has 9 rings (SSSR count). The first-order valence-corrected chi connectivity index (χ1v) is 23.9. The van der Waals surface area contributed by atoms with Crippen LogP contribution in [-0.2, 0) is 10.0 Å². The lowest BCUT2D eigenvalue weighted by atomic mass is 9.72. The van der Waals surface area contributed by atoms with Crippen LogP contribution in [0.4, 0.5) is 11.4 Å². The number of anilines is 1. The molecule has 16 heteroatoms. The minimum Gasteiger partial charge on any atom is -0.487 e. The van der Waals surface area contributed by atoms with Gasteiger partial charge in [-0.15, -0.1) is 0 Å². The van der Waals surface area contributed by atoms with Gasteiger partial charge in [-0.2, -0.15) is 0 Å². The molecule has 0 spiro atoms. The van der Waals surface area contributed by atoms with E-state index in [1.807, 2.05) is 36.4 Å². The lowest BCUT2D eigenvalue weighted by Gasteiger charge is -2.39. The Balaban J connectivity index is 0.970. The monoisotopic (exact) mass is 905 g/mol. The second-order valence-electron chi connectivity index (χ2n) is 18.3. The molecule has 6 aromatic rings. The van der Waals surface area contributed by atoms with Crippen molar-refractivity contribution in [3.05, 3.63) is 112 Å². The molecule has 2 fully saturated rings. The van der Waals surface area contributed by atoms with Crippen molar-refractivity contribution < 1.29 is 27.8 Å². The standard InChI is InChI=1S/C48H53ClN8O6S/c1-48(2)18-16-34(40(27-48)32-6-8-35(49)9-7-32)29-55-20-22-56(23-21-55)36-10-14-39(42(25-36)57-43-24-33-17-19-50-46(33)52-41(43)28-51-57)47(59)53-64(61,62)38-13-15-45(44(26-38)54(3)60)63-30-31-4-11-37(58)12-5-31/h6-10,13-15,17,19,24-26,28,31,37,58H,4-5,11-12,16,18,20-23,27,29-30H2,1-3H3,(H-,50,51,52,53,59)/p+1. The predicted molar refractivity (Wildman–Crippen MR) is 249 cm³/mol. The molecule has 3 aromatic heterocycles. The third-order valence-electron chi connectivity index (χ3n) is 13.2. The summed E-state index contributed by atoms with van der Waals surface area (Å²) in [6.45, 7) is 9.12. The van der Waals surface area contributed by atoms with Crippen LogP contribution in [0.15, 0.2) is 95.7 Å². The van der Waals surface area contributed by atoms with Gasteiger partial charge >= 0.3 is 0 Å². The zero-order valence-corrected chi connectivity index (χ0v) is 38.0. The second kappa shape index (κ2) is 17.8. The Morgan fingerprint density at radius 3 is 2.52 bits per heavy atom. The van der Waals surface area contributed by atoms with E-state index < -0.39 is 15.9 Å². The van der Waals surface area contributed by atoms with E-state index in [1.54, 1.807) is 23.1 Å². The molecule has 3 aliphatic rings. The minimum atomic E-state index is -4.46. The quantitative estimate of drug-likeness (QED) is 0.102. The minimum absolute atomic E-state index is 0.0203. The molecule has 4 heterocycles. The summed E-state index contributed by atoms with van der Waals surface area (Å²) in [5.41, 5.74) is 7.73. The average Bonchev–Trinajstić information content (AvgIpc) is 3.92. The van der Waals surface area contributed by atoms with E-state index in [0.717, 1.165) is 80.9 Å². The van der Waals surface area contributed by atoms with E-state index in [1.165, 1.54) is 42.0 Å². The summed E-state index contributed by atoms with van der Waals surface area (Å²) in [6.07, 6.45) is 9.32. The molecular weight excluding hydrogens is 852 g/mol. The van der Waals surface area contributed by atoms with Crippen molar-refractivity contribution in [1.29, 1.82) is 0 Å². The normalized spacial score (nSPS) is 19.6. The molecule has 1 saturated carbocycles. The van der Waals surface area contributed by atoms with Crippen molar-refractivity contribution in [2.75, 3.05) is 51.3 Å². The van der Waals surface area contributed by atoms with Gasteiger partial charge in [-0.25, -0.2) is 23.1 Å². The fourth-order valence-corrected chi connectivity index (χ4v) is 10.5. The number of amides is 1. The van der Waals surface area contributed by atoms with Gasteiger partial charge in [0.05, 0.1) is 34.4 Å². The van der Waals surface area contributed by atoms with Crippen LogP contribution in [0.2, 0.25) is 5.02 Å². The van der Waals surface area contributed by atoms with Crippen molar-refractivity contribution in [2.24, 2.45) is 11.3 Å². The number of aliphatic hydroxyl groups is 1. The maximum absolute atomic E-state index is 14.3. The number of aliphatic hydroxyl groups excluding tert-OH is 1. The number of carbonyl (C=O) groups excluding carboxylic acids is 1. The number of rotatable bonds is 12. The van der Waals surface area contributed by atoms with Crippen molar-refractivity contribution in [2.45, 2.75) is 69.8 Å². The molecule has 1 saturated heterocycles. The number of ether oxygens (including phenoxy) is 1. The first-order chi connectivity index (χ1) is 30.7. The summed E-state index contributed by atoms with van der Waals surface area (Å²) in [6, 6.07) is 21.4. The molecule has 0 bridgehead atoms. The summed E-state index contributed by atoms with van der Waals surface area (Å²) < 4.78 is 38.4. The fraction of sp³-hybridized carbons (Fsp3) is 0.396. The van der Waals surface area contributed by atoms with E-state index in [9.17, 15) is 23.2 Å². The molecule has 2 aliphatic carbocycles. The molecule has 3 N–H and O–H groups in total. The summed E-state index contributed by atoms with van der Waals surface area (Å²) in [4.78, 5) is 40.5. The molecule has 334 valence electrons. The SMILES string of the molecule is C[N+](=O)c1cc(S(=O)(=O)NC(=O)c2ccc(N3CCN(CC4=C(c5ccc(Cl)cc5)CC(C)(C)CC4)CC3)cc2-n2[nH]cc3nc4nccc4cc32)ccc1OCC1CCC(O)CC1. The van der Waals surface area contributed by atoms with Crippen LogP contribution in [-0.4, -0.2) is 101 Å². The highest BCUT2D eigenvalue weighted by Gasteiger charge is 2.31. The molecule has 14 nitrogen and oxygen atoms in total. The number of halogens is 1. The predicted octanol–water partition coefficient (Wildman–Crippen LogP) is 8.43. The number of carbonyl (C=O) groups is 1. The van der Waals surface area contributed by atoms with Gasteiger partial charge in [0, 0.05) is 76.9 Å². The fourth-order valence-electron chi connectivity index (χ4n) is 9.40. The highest BCUT2D eigenvalue weighted by molar-refractivity contribution is 7.90. The number of pyridine rings is 1. The van der Waals surface area contributed by atoms with E-state index in [0.29, 0.717) is 46.6 Å². The van der Waals surface area contributed by atoms with Crippen molar-refractivity contribution in [3.8, 4) is 11.4 Å². The van der Waals surface area contributed by atoms with Crippen LogP contribution in [0.1, 0.15) is 74.7 Å². The summed E-state index contributed by atoms with van der Waals surface area (Å²) in [7, 11) is -3.20. The van der Waals surface area contributed by atoms with Crippen LogP contribution in [0, 0.1) is 16.2 Å². The number of nitrogens with one attached hydrogen (secondary N) is 2. The largest absolute Gasteiger partial charge is 0.487 e. The second-order valence-corrected chi connectivity index (χ2v) is 20.4. The molecule has 1 amide bonds. The molecule has 0 radical (unpaired) electrons. The van der Waals surface area contributed by atoms with Crippen LogP contribution < -0.4 is 14.4 Å². The third-order valence-corrected chi connectivity index (χ3v) is 14.7. The maximum Gasteiger partial charge on any atom is 0.298 e. The summed E-state index contributed by atoms with van der Waals surface area (Å²) >= 11 is 6.26. The van der Waals surface area contributed by atoms with Gasteiger partial charge in [0.25, 0.3) is 21.6 Å². The van der Waals surface area contributed by atoms with E-state index in [-0.39, 0.29) is 39.3 Å². The first kappa shape index (κ1) is 43.6. The van der Waals surface area contributed by atoms with Gasteiger partial charge < -0.3 is 14.7 Å². The zero-order valence-electron chi connectivity index (χ0n) is 36.4. The van der Waals surface area contributed by atoms with E-state index in [2.05, 4.69) is 50.6 Å². The number of benzene rings is 3. The van der Waals surface area contributed by atoms with Gasteiger partial charge in [-0.1, -0.05) is 43.2 Å². The number of hydrogen-bond acceptors (Lipinski definition) is 10. The Morgan fingerprint density at radius 1 is 1.00 bits per heavy atom. The van der Waals surface area contributed by atoms with Crippen molar-refractivity contribution >= 4 is 66.5 Å².